The van der Waals surface area contributed by atoms with Crippen molar-refractivity contribution < 1.29 is 39.9 Å². The molecule has 1 aliphatic carbocycles. The molecule has 3 aromatic heterocycles. The lowest BCUT2D eigenvalue weighted by Gasteiger charge is -2.19. The molecule has 1 saturated carbocycles. The van der Waals surface area contributed by atoms with Crippen LogP contribution >= 0.6 is 11.3 Å². The molecule has 3 aromatic rings. The third-order valence-electron chi connectivity index (χ3n) is 5.40. The highest BCUT2D eigenvalue weighted by Gasteiger charge is 2.64. The second-order valence-corrected chi connectivity index (χ2v) is 8.95. The first-order chi connectivity index (χ1) is 16.6. The molecule has 1 amide bonds. The molecule has 0 bridgehead atoms. The van der Waals surface area contributed by atoms with Gasteiger partial charge in [-0.05, 0) is 18.9 Å². The number of amides is 1. The summed E-state index contributed by atoms with van der Waals surface area (Å²) in [7, 11) is 2.30. The maximum absolute atomic E-state index is 13.9. The maximum atomic E-state index is 13.9. The van der Waals surface area contributed by atoms with Crippen LogP contribution in [0.5, 0.6) is 0 Å². The molecule has 1 fully saturated rings. The molecule has 8 nitrogen and oxygen atoms in total. The van der Waals surface area contributed by atoms with Gasteiger partial charge in [0.25, 0.3) is 5.91 Å². The van der Waals surface area contributed by atoms with Gasteiger partial charge in [0.1, 0.15) is 22.2 Å². The Hall–Kier alpha value is -3.55. The second kappa shape index (κ2) is 8.25. The number of thiophene rings is 1. The van der Waals surface area contributed by atoms with Gasteiger partial charge in [-0.15, -0.1) is 16.4 Å². The predicted molar refractivity (Wildman–Crippen MR) is 106 cm³/mol. The number of carbonyl (C=O) groups excluding carboxylic acids is 1. The van der Waals surface area contributed by atoms with E-state index >= 15 is 0 Å². The van der Waals surface area contributed by atoms with E-state index in [0.29, 0.717) is 4.68 Å². The van der Waals surface area contributed by atoms with E-state index in [1.807, 2.05) is 6.07 Å². The van der Waals surface area contributed by atoms with Gasteiger partial charge in [-0.25, -0.2) is 9.36 Å². The first kappa shape index (κ1) is 25.5. The maximum Gasteiger partial charge on any atom is 0.459 e. The Morgan fingerprint density at radius 1 is 1.19 bits per heavy atom. The lowest BCUT2D eigenvalue weighted by atomic mass is 10.1. The molecule has 0 atom stereocenters. The average molecular weight is 539 g/mol. The number of aromatic nitrogens is 5. The third kappa shape index (κ3) is 4.18. The molecule has 0 radical (unpaired) electrons. The zero-order chi connectivity index (χ0) is 26.8. The normalized spacial score (nSPS) is 14.7. The highest BCUT2D eigenvalue weighted by molar-refractivity contribution is 7.16. The minimum atomic E-state index is -6.34. The van der Waals surface area contributed by atoms with Crippen molar-refractivity contribution in [2.75, 3.05) is 7.05 Å². The summed E-state index contributed by atoms with van der Waals surface area (Å²) in [6.45, 7) is 0. The highest BCUT2D eigenvalue weighted by Crippen LogP contribution is 2.49. The number of carbonyl (C=O) groups is 1. The standard InChI is InChI=1S/C19H13F8N7OS/c1-32(8-3-4-8)16(35)9-5-11(36-12(9)6-28)10-7-34(31-29-10)15-13(18(22,23)24)14(30-33(15)2)17(20,21)19(25,26)27/h5,7-8H,3-4H2,1-2H3. The quantitative estimate of drug-likeness (QED) is 0.445. The molecular weight excluding hydrogens is 526 g/mol. The van der Waals surface area contributed by atoms with E-state index in [-0.39, 0.29) is 31.7 Å². The van der Waals surface area contributed by atoms with Crippen LogP contribution < -0.4 is 0 Å². The summed E-state index contributed by atoms with van der Waals surface area (Å²) >= 11 is 0.788. The van der Waals surface area contributed by atoms with Gasteiger partial charge in [0.05, 0.1) is 16.6 Å². The molecule has 0 spiro atoms. The van der Waals surface area contributed by atoms with Crippen LogP contribution in [0.15, 0.2) is 12.3 Å². The topological polar surface area (TPSA) is 92.6 Å². The summed E-state index contributed by atoms with van der Waals surface area (Å²) < 4.78 is 108. The number of hydrogen-bond acceptors (Lipinski definition) is 6. The number of halogens is 8. The van der Waals surface area contributed by atoms with Crippen LogP contribution in [0.25, 0.3) is 16.4 Å². The van der Waals surface area contributed by atoms with Gasteiger partial charge >= 0.3 is 18.3 Å². The van der Waals surface area contributed by atoms with E-state index in [1.54, 1.807) is 7.05 Å². The fraction of sp³-hybridized carbons (Fsp3) is 0.421. The lowest BCUT2D eigenvalue weighted by Crippen LogP contribution is -2.36. The van der Waals surface area contributed by atoms with E-state index in [0.717, 1.165) is 37.4 Å². The summed E-state index contributed by atoms with van der Waals surface area (Å²) in [5, 5.41) is 19.3. The Kier molecular flexibility index (Phi) is 5.85. The van der Waals surface area contributed by atoms with Gasteiger partial charge < -0.3 is 4.90 Å². The monoisotopic (exact) mass is 539 g/mol. The van der Waals surface area contributed by atoms with E-state index < -0.39 is 41.3 Å². The fourth-order valence-electron chi connectivity index (χ4n) is 3.45. The minimum absolute atomic E-state index is 0.000620. The summed E-state index contributed by atoms with van der Waals surface area (Å²) in [5.74, 6) is -7.59. The molecule has 0 saturated heterocycles. The van der Waals surface area contributed by atoms with Crippen molar-refractivity contribution in [3.05, 3.63) is 34.0 Å². The second-order valence-electron chi connectivity index (χ2n) is 7.90. The van der Waals surface area contributed by atoms with E-state index in [1.165, 1.54) is 11.0 Å². The van der Waals surface area contributed by atoms with Crippen molar-refractivity contribution in [2.45, 2.75) is 37.2 Å². The Labute approximate surface area is 200 Å². The largest absolute Gasteiger partial charge is 0.459 e. The van der Waals surface area contributed by atoms with Crippen molar-refractivity contribution in [1.82, 2.24) is 29.7 Å². The average Bonchev–Trinajstić information content (AvgIpc) is 3.18. The summed E-state index contributed by atoms with van der Waals surface area (Å²) in [5.41, 5.74) is -4.99. The van der Waals surface area contributed by atoms with Crippen LogP contribution in [-0.2, 0) is 19.1 Å². The molecule has 1 aliphatic rings. The zero-order valence-corrected chi connectivity index (χ0v) is 18.9. The van der Waals surface area contributed by atoms with Crippen molar-refractivity contribution in [3.8, 4) is 22.5 Å². The first-order valence-corrected chi connectivity index (χ1v) is 10.7. The molecule has 0 aromatic carbocycles. The molecule has 0 unspecified atom stereocenters. The Morgan fingerprint density at radius 2 is 1.83 bits per heavy atom. The molecule has 36 heavy (non-hydrogen) atoms. The van der Waals surface area contributed by atoms with Crippen LogP contribution in [0.3, 0.4) is 0 Å². The van der Waals surface area contributed by atoms with Gasteiger partial charge in [-0.3, -0.25) is 4.79 Å². The number of rotatable bonds is 5. The van der Waals surface area contributed by atoms with Gasteiger partial charge in [-0.2, -0.15) is 45.5 Å². The van der Waals surface area contributed by atoms with Crippen molar-refractivity contribution in [1.29, 1.82) is 5.26 Å². The Bertz CT molecular complexity index is 1370. The molecule has 17 heteroatoms. The zero-order valence-electron chi connectivity index (χ0n) is 18.1. The van der Waals surface area contributed by atoms with Gasteiger partial charge in [-0.1, -0.05) is 5.21 Å². The Balaban J connectivity index is 1.79. The van der Waals surface area contributed by atoms with Gasteiger partial charge in [0.15, 0.2) is 11.5 Å². The molecule has 0 aliphatic heterocycles. The lowest BCUT2D eigenvalue weighted by molar-refractivity contribution is -0.292. The molecular formula is C19H13F8N7OS. The molecule has 192 valence electrons. The minimum Gasteiger partial charge on any atom is -0.339 e. The number of aryl methyl sites for hydroxylation is 1. The first-order valence-electron chi connectivity index (χ1n) is 9.91. The van der Waals surface area contributed by atoms with E-state index in [9.17, 15) is 45.2 Å². The van der Waals surface area contributed by atoms with Crippen LogP contribution in [-0.4, -0.2) is 54.8 Å². The van der Waals surface area contributed by atoms with Gasteiger partial charge in [0.2, 0.25) is 0 Å². The van der Waals surface area contributed by atoms with E-state index in [2.05, 4.69) is 15.4 Å². The van der Waals surface area contributed by atoms with Crippen molar-refractivity contribution in [2.24, 2.45) is 7.05 Å². The molecule has 0 N–H and O–H groups in total. The highest BCUT2D eigenvalue weighted by atomic mass is 32.1. The summed E-state index contributed by atoms with van der Waals surface area (Å²) in [6.07, 6.45) is -9.56. The molecule has 3 heterocycles. The Morgan fingerprint density at radius 3 is 2.36 bits per heavy atom. The third-order valence-corrected chi connectivity index (χ3v) is 6.46. The van der Waals surface area contributed by atoms with Crippen molar-refractivity contribution in [3.63, 3.8) is 0 Å². The summed E-state index contributed by atoms with van der Waals surface area (Å²) in [4.78, 5) is 14.3. The van der Waals surface area contributed by atoms with Crippen LogP contribution in [0.4, 0.5) is 35.1 Å². The number of nitrogens with zero attached hydrogens (tertiary/aromatic N) is 7. The predicted octanol–water partition coefficient (Wildman–Crippen LogP) is 4.51. The number of nitriles is 1. The van der Waals surface area contributed by atoms with Gasteiger partial charge in [0, 0.05) is 20.1 Å². The SMILES string of the molecule is CN(C(=O)c1cc(-c2cn(-c3c(C(F)(F)F)c(C(F)(F)C(F)(F)F)nn3C)nn2)sc1C#N)C1CC1. The van der Waals surface area contributed by atoms with Crippen molar-refractivity contribution >= 4 is 17.2 Å². The smallest absolute Gasteiger partial charge is 0.339 e. The van der Waals surface area contributed by atoms with Crippen LogP contribution in [0, 0.1) is 11.3 Å². The molecule has 4 rings (SSSR count). The number of hydrogen-bond donors (Lipinski definition) is 0. The van der Waals surface area contributed by atoms with Crippen LogP contribution in [0.2, 0.25) is 0 Å². The van der Waals surface area contributed by atoms with E-state index in [4.69, 9.17) is 0 Å². The summed E-state index contributed by atoms with van der Waals surface area (Å²) in [6, 6.07) is 3.17. The fourth-order valence-corrected chi connectivity index (χ4v) is 4.35. The number of alkyl halides is 8. The van der Waals surface area contributed by atoms with Crippen LogP contribution in [0.1, 0.15) is 39.3 Å².